The lowest BCUT2D eigenvalue weighted by Crippen LogP contribution is -2.01. The third kappa shape index (κ3) is 2.42. The summed E-state index contributed by atoms with van der Waals surface area (Å²) in [6.45, 7) is 1.00. The van der Waals surface area contributed by atoms with Crippen molar-refractivity contribution in [3.8, 4) is 0 Å². The van der Waals surface area contributed by atoms with E-state index in [0.29, 0.717) is 23.7 Å². The number of halogens is 2. The molecular weight excluding hydrogens is 275 g/mol. The fourth-order valence-electron chi connectivity index (χ4n) is 2.35. The van der Waals surface area contributed by atoms with Gasteiger partial charge in [-0.3, -0.25) is 0 Å². The second kappa shape index (κ2) is 5.27. The minimum atomic E-state index is -0.280. The van der Waals surface area contributed by atoms with E-state index in [1.807, 2.05) is 29.0 Å². The molecule has 4 heteroatoms. The third-order valence-electron chi connectivity index (χ3n) is 3.43. The summed E-state index contributed by atoms with van der Waals surface area (Å²) < 4.78 is 15.9. The summed E-state index contributed by atoms with van der Waals surface area (Å²) in [4.78, 5) is 0. The summed E-state index contributed by atoms with van der Waals surface area (Å²) in [5.74, 6) is -0.280. The van der Waals surface area contributed by atoms with E-state index >= 15 is 0 Å². The van der Waals surface area contributed by atoms with E-state index in [9.17, 15) is 4.39 Å². The zero-order chi connectivity index (χ0) is 14.1. The van der Waals surface area contributed by atoms with Gasteiger partial charge in [0.05, 0.1) is 6.54 Å². The summed E-state index contributed by atoms with van der Waals surface area (Å²) in [6.07, 6.45) is 1.96. The number of nitrogens with zero attached hydrogens (tertiary/aromatic N) is 1. The van der Waals surface area contributed by atoms with E-state index in [-0.39, 0.29) is 5.82 Å². The molecule has 1 aromatic heterocycles. The van der Waals surface area contributed by atoms with Crippen molar-refractivity contribution in [1.82, 2.24) is 4.57 Å². The van der Waals surface area contributed by atoms with Crippen LogP contribution >= 0.6 is 11.6 Å². The second-order valence-electron chi connectivity index (χ2n) is 4.78. The van der Waals surface area contributed by atoms with Crippen molar-refractivity contribution in [1.29, 1.82) is 0 Å². The van der Waals surface area contributed by atoms with E-state index in [0.717, 1.165) is 16.5 Å². The number of fused-ring (bicyclic) bond motifs is 1. The van der Waals surface area contributed by atoms with Gasteiger partial charge in [-0.2, -0.15) is 0 Å². The number of benzene rings is 2. The van der Waals surface area contributed by atoms with Gasteiger partial charge in [-0.25, -0.2) is 4.39 Å². The molecule has 0 unspecified atom stereocenters. The smallest absolute Gasteiger partial charge is 0.129 e. The molecule has 2 N–H and O–H groups in total. The molecule has 0 spiro atoms. The molecule has 0 aliphatic rings. The van der Waals surface area contributed by atoms with Gasteiger partial charge in [0.25, 0.3) is 0 Å². The molecule has 0 aliphatic carbocycles. The van der Waals surface area contributed by atoms with Crippen LogP contribution in [0.2, 0.25) is 5.02 Å². The Balaban J connectivity index is 1.98. The van der Waals surface area contributed by atoms with E-state index in [4.69, 9.17) is 17.3 Å². The van der Waals surface area contributed by atoms with Crippen molar-refractivity contribution >= 4 is 22.5 Å². The highest BCUT2D eigenvalue weighted by molar-refractivity contribution is 6.30. The van der Waals surface area contributed by atoms with Gasteiger partial charge in [0, 0.05) is 28.8 Å². The minimum absolute atomic E-state index is 0.280. The Bertz CT molecular complexity index is 764. The third-order valence-corrected chi connectivity index (χ3v) is 3.66. The summed E-state index contributed by atoms with van der Waals surface area (Å²) in [5, 5.41) is 1.53. The van der Waals surface area contributed by atoms with Crippen LogP contribution in [0, 0.1) is 5.82 Å². The average molecular weight is 289 g/mol. The van der Waals surface area contributed by atoms with Crippen molar-refractivity contribution < 1.29 is 4.39 Å². The van der Waals surface area contributed by atoms with Crippen LogP contribution < -0.4 is 5.73 Å². The molecule has 0 saturated carbocycles. The molecule has 0 atom stereocenters. The highest BCUT2D eigenvalue weighted by atomic mass is 35.5. The maximum atomic E-state index is 13.8. The van der Waals surface area contributed by atoms with Gasteiger partial charge < -0.3 is 10.3 Å². The van der Waals surface area contributed by atoms with Crippen molar-refractivity contribution in [2.24, 2.45) is 5.73 Å². The number of nitrogens with two attached hydrogens (primary N) is 1. The van der Waals surface area contributed by atoms with Crippen molar-refractivity contribution in [3.05, 3.63) is 70.6 Å². The lowest BCUT2D eigenvalue weighted by molar-refractivity contribution is 0.602. The molecule has 0 radical (unpaired) electrons. The highest BCUT2D eigenvalue weighted by Crippen LogP contribution is 2.21. The maximum Gasteiger partial charge on any atom is 0.129 e. The standard InChI is InChI=1S/C16H14ClFN2/c17-14-3-2-13(15(18)8-14)10-20-6-5-12-7-11(9-19)1-4-16(12)20/h1-8H,9-10,19H2. The Morgan fingerprint density at radius 3 is 2.70 bits per heavy atom. The Kier molecular flexibility index (Phi) is 3.47. The molecule has 0 fully saturated rings. The van der Waals surface area contributed by atoms with E-state index in [1.54, 1.807) is 12.1 Å². The van der Waals surface area contributed by atoms with Crippen molar-refractivity contribution in [2.45, 2.75) is 13.1 Å². The molecule has 102 valence electrons. The molecular formula is C16H14ClFN2. The van der Waals surface area contributed by atoms with E-state index < -0.39 is 0 Å². The van der Waals surface area contributed by atoms with Crippen LogP contribution in [-0.4, -0.2) is 4.57 Å². The second-order valence-corrected chi connectivity index (χ2v) is 5.21. The Morgan fingerprint density at radius 1 is 1.10 bits per heavy atom. The molecule has 0 aliphatic heterocycles. The lowest BCUT2D eigenvalue weighted by Gasteiger charge is -2.08. The average Bonchev–Trinajstić information content (AvgIpc) is 2.84. The van der Waals surface area contributed by atoms with E-state index in [2.05, 4.69) is 6.07 Å². The normalized spacial score (nSPS) is 11.2. The number of hydrogen-bond acceptors (Lipinski definition) is 1. The number of rotatable bonds is 3. The molecule has 2 nitrogen and oxygen atoms in total. The van der Waals surface area contributed by atoms with Crippen molar-refractivity contribution in [2.75, 3.05) is 0 Å². The topological polar surface area (TPSA) is 30.9 Å². The van der Waals surface area contributed by atoms with Crippen LogP contribution in [0.4, 0.5) is 4.39 Å². The molecule has 0 saturated heterocycles. The van der Waals surface area contributed by atoms with Gasteiger partial charge in [0.2, 0.25) is 0 Å². The van der Waals surface area contributed by atoms with Gasteiger partial charge >= 0.3 is 0 Å². The molecule has 2 aromatic carbocycles. The first kappa shape index (κ1) is 13.2. The quantitative estimate of drug-likeness (QED) is 0.777. The van der Waals surface area contributed by atoms with Crippen molar-refractivity contribution in [3.63, 3.8) is 0 Å². The molecule has 0 amide bonds. The molecule has 0 bridgehead atoms. The Labute approximate surface area is 121 Å². The summed E-state index contributed by atoms with van der Waals surface area (Å²) in [7, 11) is 0. The largest absolute Gasteiger partial charge is 0.343 e. The van der Waals surface area contributed by atoms with E-state index in [1.165, 1.54) is 6.07 Å². The first-order valence-electron chi connectivity index (χ1n) is 6.39. The maximum absolute atomic E-state index is 13.8. The predicted octanol–water partition coefficient (Wildman–Crippen LogP) is 3.94. The first-order valence-corrected chi connectivity index (χ1v) is 6.77. The Hall–Kier alpha value is -1.84. The highest BCUT2D eigenvalue weighted by Gasteiger charge is 2.07. The van der Waals surface area contributed by atoms with Crippen LogP contribution in [0.15, 0.2) is 48.7 Å². The zero-order valence-corrected chi connectivity index (χ0v) is 11.6. The molecule has 1 heterocycles. The number of aromatic nitrogens is 1. The SMILES string of the molecule is NCc1ccc2c(ccn2Cc2ccc(Cl)cc2F)c1. The fraction of sp³-hybridized carbons (Fsp3) is 0.125. The van der Waals surface area contributed by atoms with Crippen LogP contribution in [0.3, 0.4) is 0 Å². The van der Waals surface area contributed by atoms with Crippen LogP contribution in [-0.2, 0) is 13.1 Å². The van der Waals surface area contributed by atoms with Crippen LogP contribution in [0.1, 0.15) is 11.1 Å². The number of hydrogen-bond donors (Lipinski definition) is 1. The fourth-order valence-corrected chi connectivity index (χ4v) is 2.51. The van der Waals surface area contributed by atoms with Crippen LogP contribution in [0.5, 0.6) is 0 Å². The Morgan fingerprint density at radius 2 is 1.95 bits per heavy atom. The lowest BCUT2D eigenvalue weighted by atomic mass is 10.1. The first-order chi connectivity index (χ1) is 9.67. The van der Waals surface area contributed by atoms with Gasteiger partial charge in [-0.05, 0) is 41.3 Å². The zero-order valence-electron chi connectivity index (χ0n) is 10.8. The predicted molar refractivity (Wildman–Crippen MR) is 80.3 cm³/mol. The molecule has 3 aromatic rings. The van der Waals surface area contributed by atoms with Gasteiger partial charge in [-0.15, -0.1) is 0 Å². The minimum Gasteiger partial charge on any atom is -0.343 e. The van der Waals surface area contributed by atoms with Gasteiger partial charge in [0.1, 0.15) is 5.82 Å². The van der Waals surface area contributed by atoms with Crippen LogP contribution in [0.25, 0.3) is 10.9 Å². The summed E-state index contributed by atoms with van der Waals surface area (Å²) in [6, 6.07) is 12.9. The summed E-state index contributed by atoms with van der Waals surface area (Å²) >= 11 is 5.77. The van der Waals surface area contributed by atoms with Gasteiger partial charge in [-0.1, -0.05) is 23.7 Å². The monoisotopic (exact) mass is 288 g/mol. The molecule has 20 heavy (non-hydrogen) atoms. The summed E-state index contributed by atoms with van der Waals surface area (Å²) in [5.41, 5.74) is 8.41. The molecule has 3 rings (SSSR count). The van der Waals surface area contributed by atoms with Gasteiger partial charge in [0.15, 0.2) is 0 Å².